The Balaban J connectivity index is 2.37. The van der Waals surface area contributed by atoms with E-state index in [0.717, 1.165) is 30.2 Å². The maximum Gasteiger partial charge on any atom is 0.162 e. The van der Waals surface area contributed by atoms with Crippen molar-refractivity contribution in [1.29, 1.82) is 0 Å². The summed E-state index contributed by atoms with van der Waals surface area (Å²) in [6.45, 7) is 0.490. The number of rotatable bonds is 5. The van der Waals surface area contributed by atoms with Gasteiger partial charge in [-0.05, 0) is 12.8 Å². The van der Waals surface area contributed by atoms with E-state index in [9.17, 15) is 0 Å². The van der Waals surface area contributed by atoms with Crippen LogP contribution in [0.25, 0.3) is 0 Å². The average Bonchev–Trinajstić information content (AvgIpc) is 2.48. The number of anilines is 1. The minimum Gasteiger partial charge on any atom is -0.378 e. The fraction of sp³-hybridized carbons (Fsp3) is 0.714. The molecule has 1 fully saturated rings. The number of methoxy groups -OCH3 is 2. The Hall–Kier alpha value is -1.20. The molecule has 0 aliphatic heterocycles. The number of hydrogen-bond acceptors (Lipinski definition) is 5. The Morgan fingerprint density at radius 3 is 2.53 bits per heavy atom. The van der Waals surface area contributed by atoms with E-state index >= 15 is 0 Å². The molecule has 0 atom stereocenters. The fourth-order valence-corrected chi connectivity index (χ4v) is 2.69. The lowest BCUT2D eigenvalue weighted by Crippen LogP contribution is -2.33. The molecular weight excluding hydrogens is 242 g/mol. The van der Waals surface area contributed by atoms with Gasteiger partial charge in [-0.3, -0.25) is 0 Å². The Morgan fingerprint density at radius 2 is 1.95 bits per heavy atom. The van der Waals surface area contributed by atoms with Gasteiger partial charge in [-0.25, -0.2) is 9.97 Å². The molecule has 0 aromatic carbocycles. The highest BCUT2D eigenvalue weighted by Crippen LogP contribution is 2.38. The second-order valence-electron chi connectivity index (χ2n) is 5.01. The maximum atomic E-state index is 5.80. The van der Waals surface area contributed by atoms with Gasteiger partial charge >= 0.3 is 0 Å². The molecule has 0 saturated heterocycles. The summed E-state index contributed by atoms with van der Waals surface area (Å²) in [6.07, 6.45) is 5.58. The quantitative estimate of drug-likeness (QED) is 0.886. The second-order valence-corrected chi connectivity index (χ2v) is 5.01. The van der Waals surface area contributed by atoms with Crippen molar-refractivity contribution in [3.63, 3.8) is 0 Å². The summed E-state index contributed by atoms with van der Waals surface area (Å²) in [5.41, 5.74) is 0.562. The molecular formula is C14H23N3O2. The summed E-state index contributed by atoms with van der Waals surface area (Å²) < 4.78 is 11.0. The number of hydrogen-bond donors (Lipinski definition) is 1. The largest absolute Gasteiger partial charge is 0.378 e. The monoisotopic (exact) mass is 265 g/mol. The van der Waals surface area contributed by atoms with Crippen LogP contribution in [-0.2, 0) is 21.7 Å². The second kappa shape index (κ2) is 6.30. The lowest BCUT2D eigenvalue weighted by atomic mass is 9.84. The summed E-state index contributed by atoms with van der Waals surface area (Å²) in [4.78, 5) is 9.23. The van der Waals surface area contributed by atoms with Crippen LogP contribution in [0.15, 0.2) is 6.07 Å². The van der Waals surface area contributed by atoms with Crippen molar-refractivity contribution in [2.45, 2.75) is 44.3 Å². The molecule has 0 unspecified atom stereocenters. The summed E-state index contributed by atoms with van der Waals surface area (Å²) in [7, 11) is 5.30. The first-order valence-corrected chi connectivity index (χ1v) is 6.84. The molecule has 106 valence electrons. The average molecular weight is 265 g/mol. The maximum absolute atomic E-state index is 5.80. The van der Waals surface area contributed by atoms with Gasteiger partial charge in [-0.2, -0.15) is 0 Å². The predicted octanol–water partition coefficient (Wildman–Crippen LogP) is 2.47. The number of ether oxygens (including phenoxy) is 2. The predicted molar refractivity (Wildman–Crippen MR) is 74.1 cm³/mol. The fourth-order valence-electron chi connectivity index (χ4n) is 2.69. The third kappa shape index (κ3) is 3.04. The summed E-state index contributed by atoms with van der Waals surface area (Å²) >= 11 is 0. The zero-order valence-corrected chi connectivity index (χ0v) is 12.0. The Bertz CT molecular complexity index is 417. The van der Waals surface area contributed by atoms with Crippen LogP contribution in [0.4, 0.5) is 5.82 Å². The minimum atomic E-state index is -0.326. The highest BCUT2D eigenvalue weighted by molar-refractivity contribution is 5.36. The van der Waals surface area contributed by atoms with E-state index in [-0.39, 0.29) is 5.60 Å². The van der Waals surface area contributed by atoms with Gasteiger partial charge < -0.3 is 14.8 Å². The summed E-state index contributed by atoms with van der Waals surface area (Å²) in [5.74, 6) is 1.60. The highest BCUT2D eigenvalue weighted by Gasteiger charge is 2.37. The lowest BCUT2D eigenvalue weighted by Gasteiger charge is -2.34. The van der Waals surface area contributed by atoms with E-state index in [1.165, 1.54) is 19.3 Å². The molecule has 5 nitrogen and oxygen atoms in total. The standard InChI is InChI=1S/C14H23N3O2/c1-15-12-9-11(10-18-2)16-13(17-12)14(19-3)7-5-4-6-8-14/h9H,4-8,10H2,1-3H3,(H,15,16,17). The van der Waals surface area contributed by atoms with E-state index in [0.29, 0.717) is 6.61 Å². The van der Waals surface area contributed by atoms with E-state index in [4.69, 9.17) is 9.47 Å². The van der Waals surface area contributed by atoms with Gasteiger partial charge in [0.1, 0.15) is 11.4 Å². The van der Waals surface area contributed by atoms with Crippen molar-refractivity contribution in [2.24, 2.45) is 0 Å². The zero-order valence-electron chi connectivity index (χ0n) is 12.0. The van der Waals surface area contributed by atoms with Crippen molar-refractivity contribution in [3.8, 4) is 0 Å². The molecule has 1 saturated carbocycles. The van der Waals surface area contributed by atoms with Gasteiger partial charge in [0.25, 0.3) is 0 Å². The SMILES string of the molecule is CNc1cc(COC)nc(C2(OC)CCCCC2)n1. The highest BCUT2D eigenvalue weighted by atomic mass is 16.5. The van der Waals surface area contributed by atoms with Crippen molar-refractivity contribution >= 4 is 5.82 Å². The van der Waals surface area contributed by atoms with Gasteiger partial charge in [0.2, 0.25) is 0 Å². The molecule has 5 heteroatoms. The first-order chi connectivity index (χ1) is 9.24. The Kier molecular flexibility index (Phi) is 4.71. The molecule has 0 spiro atoms. The molecule has 0 amide bonds. The van der Waals surface area contributed by atoms with Gasteiger partial charge in [-0.15, -0.1) is 0 Å². The van der Waals surface area contributed by atoms with Gasteiger partial charge in [0.15, 0.2) is 5.82 Å². The molecule has 1 aliphatic carbocycles. The van der Waals surface area contributed by atoms with E-state index in [2.05, 4.69) is 15.3 Å². The third-order valence-corrected chi connectivity index (χ3v) is 3.79. The van der Waals surface area contributed by atoms with Crippen LogP contribution in [0.2, 0.25) is 0 Å². The van der Waals surface area contributed by atoms with Crippen molar-refractivity contribution in [2.75, 3.05) is 26.6 Å². The van der Waals surface area contributed by atoms with Crippen molar-refractivity contribution in [1.82, 2.24) is 9.97 Å². The molecule has 1 aromatic heterocycles. The van der Waals surface area contributed by atoms with Crippen LogP contribution >= 0.6 is 0 Å². The van der Waals surface area contributed by atoms with E-state index in [1.807, 2.05) is 13.1 Å². The molecule has 1 aromatic rings. The minimum absolute atomic E-state index is 0.326. The van der Waals surface area contributed by atoms with Crippen LogP contribution in [0.5, 0.6) is 0 Å². The van der Waals surface area contributed by atoms with Crippen molar-refractivity contribution < 1.29 is 9.47 Å². The number of aromatic nitrogens is 2. The smallest absolute Gasteiger partial charge is 0.162 e. The molecule has 1 heterocycles. The first-order valence-electron chi connectivity index (χ1n) is 6.84. The number of nitrogens with zero attached hydrogens (tertiary/aromatic N) is 2. The van der Waals surface area contributed by atoms with Crippen LogP contribution in [0.3, 0.4) is 0 Å². The molecule has 1 aliphatic rings. The lowest BCUT2D eigenvalue weighted by molar-refractivity contribution is -0.0517. The van der Waals surface area contributed by atoms with Crippen molar-refractivity contribution in [3.05, 3.63) is 17.6 Å². The van der Waals surface area contributed by atoms with Gasteiger partial charge in [0, 0.05) is 27.3 Å². The third-order valence-electron chi connectivity index (χ3n) is 3.79. The normalized spacial score (nSPS) is 18.3. The Morgan fingerprint density at radius 1 is 1.21 bits per heavy atom. The number of nitrogens with one attached hydrogen (secondary N) is 1. The first kappa shape index (κ1) is 14.2. The van der Waals surface area contributed by atoms with Gasteiger partial charge in [0.05, 0.1) is 12.3 Å². The zero-order chi connectivity index (χ0) is 13.7. The van der Waals surface area contributed by atoms with E-state index in [1.54, 1.807) is 14.2 Å². The van der Waals surface area contributed by atoms with Crippen LogP contribution in [-0.4, -0.2) is 31.2 Å². The van der Waals surface area contributed by atoms with Gasteiger partial charge in [-0.1, -0.05) is 19.3 Å². The molecule has 0 bridgehead atoms. The molecule has 0 radical (unpaired) electrons. The summed E-state index contributed by atoms with van der Waals surface area (Å²) in [5, 5.41) is 3.08. The van der Waals surface area contributed by atoms with E-state index < -0.39 is 0 Å². The van der Waals surface area contributed by atoms with Crippen LogP contribution < -0.4 is 5.32 Å². The summed E-state index contributed by atoms with van der Waals surface area (Å²) in [6, 6.07) is 1.92. The van der Waals surface area contributed by atoms with Crippen LogP contribution in [0, 0.1) is 0 Å². The Labute approximate surface area is 114 Å². The molecule has 1 N–H and O–H groups in total. The van der Waals surface area contributed by atoms with Crippen LogP contribution in [0.1, 0.15) is 43.6 Å². The molecule has 2 rings (SSSR count). The molecule has 19 heavy (non-hydrogen) atoms. The topological polar surface area (TPSA) is 56.3 Å².